The van der Waals surface area contributed by atoms with E-state index in [4.69, 9.17) is 4.74 Å². The lowest BCUT2D eigenvalue weighted by Crippen LogP contribution is -2.48. The second-order valence-electron chi connectivity index (χ2n) is 6.99. The summed E-state index contributed by atoms with van der Waals surface area (Å²) in [6.45, 7) is 6.74. The molecule has 1 atom stereocenters. The van der Waals surface area contributed by atoms with E-state index in [1.165, 1.54) is 22.8 Å². The minimum atomic E-state index is -0.380. The second kappa shape index (κ2) is 10.5. The highest BCUT2D eigenvalue weighted by Gasteiger charge is 2.25. The number of nitrogens with one attached hydrogen (secondary N) is 1. The molecular formula is C21H27IN4O3. The number of guanidine groups is 1. The Morgan fingerprint density at radius 2 is 2.10 bits per heavy atom. The zero-order valence-electron chi connectivity index (χ0n) is 16.9. The maximum atomic E-state index is 11.0. The predicted molar refractivity (Wildman–Crippen MR) is 125 cm³/mol. The maximum absolute atomic E-state index is 11.0. The Labute approximate surface area is 188 Å². The lowest BCUT2D eigenvalue weighted by Gasteiger charge is -2.35. The van der Waals surface area contributed by atoms with Crippen molar-refractivity contribution in [2.75, 3.05) is 26.7 Å². The van der Waals surface area contributed by atoms with Gasteiger partial charge in [0.15, 0.2) is 5.96 Å². The number of nitro benzene ring substituents is 1. The molecule has 1 aliphatic rings. The van der Waals surface area contributed by atoms with Crippen LogP contribution in [0.15, 0.2) is 47.5 Å². The minimum absolute atomic E-state index is 0. The average Bonchev–Trinajstić information content (AvgIpc) is 2.69. The molecule has 8 heteroatoms. The van der Waals surface area contributed by atoms with E-state index in [2.05, 4.69) is 47.3 Å². The minimum Gasteiger partial charge on any atom is -0.370 e. The zero-order chi connectivity index (χ0) is 20.1. The van der Waals surface area contributed by atoms with Crippen molar-refractivity contribution in [2.45, 2.75) is 26.5 Å². The highest BCUT2D eigenvalue weighted by Crippen LogP contribution is 2.26. The second-order valence-corrected chi connectivity index (χ2v) is 6.99. The van der Waals surface area contributed by atoms with Crippen molar-refractivity contribution < 1.29 is 9.66 Å². The van der Waals surface area contributed by atoms with Crippen molar-refractivity contribution in [3.8, 4) is 0 Å². The van der Waals surface area contributed by atoms with Gasteiger partial charge in [0.1, 0.15) is 6.10 Å². The fraction of sp³-hybridized carbons (Fsp3) is 0.381. The third-order valence-corrected chi connectivity index (χ3v) is 4.92. The number of morpholine rings is 1. The Bertz CT molecular complexity index is 888. The van der Waals surface area contributed by atoms with Gasteiger partial charge in [-0.1, -0.05) is 35.9 Å². The predicted octanol–water partition coefficient (Wildman–Crippen LogP) is 3.98. The Kier molecular flexibility index (Phi) is 8.39. The lowest BCUT2D eigenvalue weighted by molar-refractivity contribution is -0.384. The van der Waals surface area contributed by atoms with E-state index in [1.807, 2.05) is 6.07 Å². The number of aryl methyl sites for hydroxylation is 2. The number of halogens is 1. The summed E-state index contributed by atoms with van der Waals surface area (Å²) < 4.78 is 6.02. The number of benzene rings is 2. The maximum Gasteiger partial charge on any atom is 0.269 e. The largest absolute Gasteiger partial charge is 0.370 e. The van der Waals surface area contributed by atoms with Crippen LogP contribution >= 0.6 is 24.0 Å². The number of nitrogens with zero attached hydrogens (tertiary/aromatic N) is 3. The molecule has 1 heterocycles. The normalized spacial score (nSPS) is 16.9. The number of ether oxygens (including phenoxy) is 1. The third kappa shape index (κ3) is 5.89. The number of aliphatic imine (C=N–C) groups is 1. The van der Waals surface area contributed by atoms with E-state index in [-0.39, 0.29) is 40.7 Å². The summed E-state index contributed by atoms with van der Waals surface area (Å²) in [5.41, 5.74) is 4.60. The molecule has 2 aromatic rings. The van der Waals surface area contributed by atoms with E-state index >= 15 is 0 Å². The van der Waals surface area contributed by atoms with Gasteiger partial charge >= 0.3 is 0 Å². The molecule has 1 saturated heterocycles. The fourth-order valence-corrected chi connectivity index (χ4v) is 3.51. The van der Waals surface area contributed by atoms with Crippen LogP contribution in [0.4, 0.5) is 5.69 Å². The molecule has 3 rings (SSSR count). The van der Waals surface area contributed by atoms with Crippen LogP contribution in [-0.2, 0) is 11.3 Å². The van der Waals surface area contributed by atoms with Gasteiger partial charge in [-0.15, -0.1) is 24.0 Å². The van der Waals surface area contributed by atoms with Gasteiger partial charge < -0.3 is 15.0 Å². The van der Waals surface area contributed by atoms with Crippen LogP contribution in [0.25, 0.3) is 0 Å². The summed E-state index contributed by atoms with van der Waals surface area (Å²) in [5.74, 6) is 0.768. The summed E-state index contributed by atoms with van der Waals surface area (Å²) in [4.78, 5) is 17.1. The molecule has 0 saturated carbocycles. The average molecular weight is 510 g/mol. The molecule has 7 nitrogen and oxygen atoms in total. The first-order valence-electron chi connectivity index (χ1n) is 9.35. The molecule has 0 bridgehead atoms. The van der Waals surface area contributed by atoms with E-state index < -0.39 is 0 Å². The molecule has 156 valence electrons. The van der Waals surface area contributed by atoms with E-state index in [9.17, 15) is 10.1 Å². The number of rotatable bonds is 4. The van der Waals surface area contributed by atoms with Gasteiger partial charge in [0.2, 0.25) is 0 Å². The molecule has 0 spiro atoms. The van der Waals surface area contributed by atoms with Gasteiger partial charge in [0, 0.05) is 32.3 Å². The summed E-state index contributed by atoms with van der Waals surface area (Å²) in [7, 11) is 1.75. The Balaban J connectivity index is 0.00000300. The molecule has 1 unspecified atom stereocenters. The first-order chi connectivity index (χ1) is 13.5. The van der Waals surface area contributed by atoms with E-state index in [1.54, 1.807) is 19.2 Å². The van der Waals surface area contributed by atoms with Crippen LogP contribution in [0.3, 0.4) is 0 Å². The Morgan fingerprint density at radius 1 is 1.31 bits per heavy atom. The van der Waals surface area contributed by atoms with E-state index in [0.29, 0.717) is 19.7 Å². The Morgan fingerprint density at radius 3 is 2.79 bits per heavy atom. The molecule has 0 aliphatic carbocycles. The van der Waals surface area contributed by atoms with Crippen molar-refractivity contribution in [3.63, 3.8) is 0 Å². The molecule has 1 N–H and O–H groups in total. The Hall–Kier alpha value is -2.20. The zero-order valence-corrected chi connectivity index (χ0v) is 19.3. The topological polar surface area (TPSA) is 80.0 Å². The lowest BCUT2D eigenvalue weighted by atomic mass is 10.00. The molecule has 29 heavy (non-hydrogen) atoms. The fourth-order valence-electron chi connectivity index (χ4n) is 3.51. The first-order valence-corrected chi connectivity index (χ1v) is 9.35. The number of nitro groups is 1. The van der Waals surface area contributed by atoms with Crippen molar-refractivity contribution in [1.82, 2.24) is 10.2 Å². The molecular weight excluding hydrogens is 483 g/mol. The summed E-state index contributed by atoms with van der Waals surface area (Å²) in [5, 5.41) is 14.3. The van der Waals surface area contributed by atoms with Crippen molar-refractivity contribution in [2.24, 2.45) is 4.99 Å². The molecule has 1 fully saturated rings. The molecule has 2 aromatic carbocycles. The summed E-state index contributed by atoms with van der Waals surface area (Å²) >= 11 is 0. The third-order valence-electron chi connectivity index (χ3n) is 4.92. The van der Waals surface area contributed by atoms with Crippen LogP contribution < -0.4 is 5.32 Å². The quantitative estimate of drug-likeness (QED) is 0.221. The highest BCUT2D eigenvalue weighted by molar-refractivity contribution is 14.0. The molecule has 1 aliphatic heterocycles. The van der Waals surface area contributed by atoms with Crippen molar-refractivity contribution in [3.05, 3.63) is 74.8 Å². The van der Waals surface area contributed by atoms with Gasteiger partial charge in [0.25, 0.3) is 5.69 Å². The number of non-ortho nitro benzene ring substituents is 1. The monoisotopic (exact) mass is 510 g/mol. The molecule has 0 aromatic heterocycles. The van der Waals surface area contributed by atoms with Gasteiger partial charge in [0.05, 0.1) is 18.1 Å². The van der Waals surface area contributed by atoms with Crippen LogP contribution in [0, 0.1) is 24.0 Å². The van der Waals surface area contributed by atoms with Gasteiger partial charge in [-0.2, -0.15) is 0 Å². The standard InChI is InChI=1S/C21H26N4O3.HI/c1-15-7-8-19(16(2)11-15)20-14-24(9-10-28-20)21(22-3)23-13-17-5-4-6-18(12-17)25(26)27;/h4-8,11-12,20H,9-10,13-14H2,1-3H3,(H,22,23);1H. The van der Waals surface area contributed by atoms with Gasteiger partial charge in [-0.05, 0) is 30.5 Å². The van der Waals surface area contributed by atoms with Crippen molar-refractivity contribution in [1.29, 1.82) is 0 Å². The summed E-state index contributed by atoms with van der Waals surface area (Å²) in [6, 6.07) is 13.1. The summed E-state index contributed by atoms with van der Waals surface area (Å²) in [6.07, 6.45) is -0.00860. The molecule has 0 radical (unpaired) electrons. The van der Waals surface area contributed by atoms with Crippen LogP contribution in [-0.4, -0.2) is 42.5 Å². The first kappa shape index (κ1) is 23.1. The van der Waals surface area contributed by atoms with Crippen LogP contribution in [0.5, 0.6) is 0 Å². The van der Waals surface area contributed by atoms with Gasteiger partial charge in [-0.3, -0.25) is 15.1 Å². The van der Waals surface area contributed by atoms with Gasteiger partial charge in [-0.25, -0.2) is 0 Å². The van der Waals surface area contributed by atoms with Crippen molar-refractivity contribution >= 4 is 35.6 Å². The number of hydrogen-bond acceptors (Lipinski definition) is 4. The van der Waals surface area contributed by atoms with E-state index in [0.717, 1.165) is 18.1 Å². The van der Waals surface area contributed by atoms with Crippen LogP contribution in [0.1, 0.15) is 28.4 Å². The number of hydrogen-bond donors (Lipinski definition) is 1. The van der Waals surface area contributed by atoms with Crippen LogP contribution in [0.2, 0.25) is 0 Å². The highest BCUT2D eigenvalue weighted by atomic mass is 127. The molecule has 0 amide bonds. The smallest absolute Gasteiger partial charge is 0.269 e. The SMILES string of the molecule is CN=C(NCc1cccc([N+](=O)[O-])c1)N1CCOC(c2ccc(C)cc2C)C1.I.